The molecule has 4 rings (SSSR count). The van der Waals surface area contributed by atoms with Gasteiger partial charge in [-0.3, -0.25) is 9.69 Å². The van der Waals surface area contributed by atoms with E-state index in [0.717, 1.165) is 17.7 Å². The number of nitrogens with zero attached hydrogens (tertiary/aromatic N) is 2. The van der Waals surface area contributed by atoms with Crippen molar-refractivity contribution in [1.29, 1.82) is 0 Å². The number of urea groups is 1. The summed E-state index contributed by atoms with van der Waals surface area (Å²) in [7, 11) is 0. The molecule has 1 aliphatic rings. The van der Waals surface area contributed by atoms with E-state index in [9.17, 15) is 9.59 Å². The highest BCUT2D eigenvalue weighted by Gasteiger charge is 2.26. The maximum absolute atomic E-state index is 13.0. The lowest BCUT2D eigenvalue weighted by molar-refractivity contribution is -0.118. The van der Waals surface area contributed by atoms with Gasteiger partial charge < -0.3 is 15.0 Å². The van der Waals surface area contributed by atoms with Crippen molar-refractivity contribution in [3.63, 3.8) is 0 Å². The highest BCUT2D eigenvalue weighted by molar-refractivity contribution is 6.30. The molecule has 0 bridgehead atoms. The fraction of sp³-hybridized carbons (Fsp3) is 0.200. The van der Waals surface area contributed by atoms with Gasteiger partial charge in [0.15, 0.2) is 6.61 Å². The molecule has 1 saturated heterocycles. The first-order valence-corrected chi connectivity index (χ1v) is 10.8. The van der Waals surface area contributed by atoms with Crippen LogP contribution >= 0.6 is 11.6 Å². The first kappa shape index (κ1) is 21.7. The Labute approximate surface area is 192 Å². The van der Waals surface area contributed by atoms with E-state index in [-0.39, 0.29) is 18.5 Å². The van der Waals surface area contributed by atoms with Crippen LogP contribution in [0.4, 0.5) is 16.2 Å². The Morgan fingerprint density at radius 1 is 0.938 bits per heavy atom. The molecule has 32 heavy (non-hydrogen) atoms. The van der Waals surface area contributed by atoms with Crippen molar-refractivity contribution in [3.05, 3.63) is 89.4 Å². The molecule has 0 unspecified atom stereocenters. The zero-order valence-electron chi connectivity index (χ0n) is 17.5. The summed E-state index contributed by atoms with van der Waals surface area (Å²) in [6.45, 7) is 1.85. The summed E-state index contributed by atoms with van der Waals surface area (Å²) in [6.07, 6.45) is 0.884. The van der Waals surface area contributed by atoms with Gasteiger partial charge in [0.2, 0.25) is 0 Å². The highest BCUT2D eigenvalue weighted by atomic mass is 35.5. The molecule has 3 amide bonds. The lowest BCUT2D eigenvalue weighted by Gasteiger charge is -2.35. The summed E-state index contributed by atoms with van der Waals surface area (Å²) in [5.74, 6) is 0.398. The zero-order valence-corrected chi connectivity index (χ0v) is 18.3. The molecule has 0 atom stereocenters. The molecule has 1 heterocycles. The quantitative estimate of drug-likeness (QED) is 0.540. The molecule has 164 valence electrons. The van der Waals surface area contributed by atoms with E-state index in [1.165, 1.54) is 0 Å². The van der Waals surface area contributed by atoms with E-state index in [1.54, 1.807) is 29.2 Å². The number of nitrogens with one attached hydrogen (secondary N) is 1. The van der Waals surface area contributed by atoms with Gasteiger partial charge in [0.25, 0.3) is 5.91 Å². The van der Waals surface area contributed by atoms with Crippen molar-refractivity contribution in [2.45, 2.75) is 13.0 Å². The average Bonchev–Trinajstić information content (AvgIpc) is 2.82. The van der Waals surface area contributed by atoms with Gasteiger partial charge in [0, 0.05) is 36.0 Å². The lowest BCUT2D eigenvalue weighted by Crippen LogP contribution is -2.49. The van der Waals surface area contributed by atoms with Crippen LogP contribution in [-0.4, -0.2) is 36.5 Å². The Bertz CT molecular complexity index is 1060. The second-order valence-corrected chi connectivity index (χ2v) is 7.97. The van der Waals surface area contributed by atoms with Gasteiger partial charge in [-0.25, -0.2) is 4.79 Å². The Morgan fingerprint density at radius 3 is 2.38 bits per heavy atom. The molecule has 0 spiro atoms. The standard InChI is InChI=1S/C25H24ClN3O3/c26-20-9-7-19(8-10-20)17-28-15-4-16-29(25(28)31)22-13-11-21(12-14-22)27-24(30)18-32-23-5-2-1-3-6-23/h1-3,5-14H,4,15-18H2,(H,27,30). The number of carbonyl (C=O) groups is 2. The van der Waals surface area contributed by atoms with E-state index in [4.69, 9.17) is 16.3 Å². The number of amides is 3. The molecule has 0 radical (unpaired) electrons. The van der Waals surface area contributed by atoms with Crippen molar-refractivity contribution < 1.29 is 14.3 Å². The topological polar surface area (TPSA) is 61.9 Å². The van der Waals surface area contributed by atoms with Crippen LogP contribution in [0.15, 0.2) is 78.9 Å². The molecule has 7 heteroatoms. The Balaban J connectivity index is 1.33. The zero-order chi connectivity index (χ0) is 22.3. The molecular formula is C25H24ClN3O3. The maximum Gasteiger partial charge on any atom is 0.324 e. The Morgan fingerprint density at radius 2 is 1.66 bits per heavy atom. The summed E-state index contributed by atoms with van der Waals surface area (Å²) >= 11 is 5.95. The third-order valence-corrected chi connectivity index (χ3v) is 5.43. The Kier molecular flexibility index (Phi) is 6.92. The third kappa shape index (κ3) is 5.59. The fourth-order valence-corrected chi connectivity index (χ4v) is 3.69. The average molecular weight is 450 g/mol. The van der Waals surface area contributed by atoms with Crippen LogP contribution in [0.2, 0.25) is 5.02 Å². The van der Waals surface area contributed by atoms with Crippen LogP contribution in [0.5, 0.6) is 5.75 Å². The van der Waals surface area contributed by atoms with Gasteiger partial charge in [0.05, 0.1) is 0 Å². The fourth-order valence-electron chi connectivity index (χ4n) is 3.57. The minimum Gasteiger partial charge on any atom is -0.484 e. The predicted octanol–water partition coefficient (Wildman–Crippen LogP) is 5.19. The number of hydrogen-bond acceptors (Lipinski definition) is 3. The van der Waals surface area contributed by atoms with Gasteiger partial charge in [0.1, 0.15) is 5.75 Å². The number of anilines is 2. The van der Waals surface area contributed by atoms with Crippen LogP contribution in [0.1, 0.15) is 12.0 Å². The van der Waals surface area contributed by atoms with Crippen LogP contribution in [0.3, 0.4) is 0 Å². The second-order valence-electron chi connectivity index (χ2n) is 7.53. The van der Waals surface area contributed by atoms with Gasteiger partial charge in [-0.05, 0) is 60.5 Å². The first-order chi connectivity index (χ1) is 15.6. The van der Waals surface area contributed by atoms with E-state index in [2.05, 4.69) is 5.32 Å². The molecule has 0 aliphatic carbocycles. The van der Waals surface area contributed by atoms with Crippen molar-refractivity contribution in [2.75, 3.05) is 29.9 Å². The van der Waals surface area contributed by atoms with Crippen LogP contribution in [0.25, 0.3) is 0 Å². The number of para-hydroxylation sites is 1. The lowest BCUT2D eigenvalue weighted by atomic mass is 10.1. The maximum atomic E-state index is 13.0. The molecular weight excluding hydrogens is 426 g/mol. The van der Waals surface area contributed by atoms with Gasteiger partial charge >= 0.3 is 6.03 Å². The second kappa shape index (κ2) is 10.2. The molecule has 1 fully saturated rings. The monoisotopic (exact) mass is 449 g/mol. The van der Waals surface area contributed by atoms with Crippen LogP contribution < -0.4 is 15.0 Å². The van der Waals surface area contributed by atoms with Crippen molar-refractivity contribution in [2.24, 2.45) is 0 Å². The molecule has 1 aliphatic heterocycles. The van der Waals surface area contributed by atoms with E-state index in [1.807, 2.05) is 59.5 Å². The SMILES string of the molecule is O=C(COc1ccccc1)Nc1ccc(N2CCCN(Cc3ccc(Cl)cc3)C2=O)cc1. The minimum atomic E-state index is -0.246. The van der Waals surface area contributed by atoms with E-state index >= 15 is 0 Å². The number of rotatable bonds is 7. The highest BCUT2D eigenvalue weighted by Crippen LogP contribution is 2.23. The largest absolute Gasteiger partial charge is 0.484 e. The van der Waals surface area contributed by atoms with Crippen LogP contribution in [0, 0.1) is 0 Å². The predicted molar refractivity (Wildman–Crippen MR) is 126 cm³/mol. The van der Waals surface area contributed by atoms with E-state index in [0.29, 0.717) is 36.1 Å². The van der Waals surface area contributed by atoms with Crippen molar-refractivity contribution in [3.8, 4) is 5.75 Å². The molecule has 0 saturated carbocycles. The number of halogens is 1. The van der Waals surface area contributed by atoms with Gasteiger partial charge in [-0.2, -0.15) is 0 Å². The molecule has 0 aromatic heterocycles. The summed E-state index contributed by atoms with van der Waals surface area (Å²) in [5.41, 5.74) is 2.49. The Hall–Kier alpha value is -3.51. The number of carbonyl (C=O) groups excluding carboxylic acids is 2. The number of ether oxygens (including phenoxy) is 1. The first-order valence-electron chi connectivity index (χ1n) is 10.5. The summed E-state index contributed by atoms with van der Waals surface area (Å²) < 4.78 is 5.46. The third-order valence-electron chi connectivity index (χ3n) is 5.17. The normalized spacial score (nSPS) is 13.7. The summed E-state index contributed by atoms with van der Waals surface area (Å²) in [6, 6.07) is 24.0. The van der Waals surface area contributed by atoms with Crippen LogP contribution in [-0.2, 0) is 11.3 Å². The number of benzene rings is 3. The summed E-state index contributed by atoms with van der Waals surface area (Å²) in [4.78, 5) is 28.8. The molecule has 1 N–H and O–H groups in total. The van der Waals surface area contributed by atoms with Crippen molar-refractivity contribution in [1.82, 2.24) is 4.90 Å². The molecule has 6 nitrogen and oxygen atoms in total. The molecule has 3 aromatic carbocycles. The smallest absolute Gasteiger partial charge is 0.324 e. The minimum absolute atomic E-state index is 0.0285. The molecule has 3 aromatic rings. The number of hydrogen-bond donors (Lipinski definition) is 1. The van der Waals surface area contributed by atoms with Gasteiger partial charge in [-0.15, -0.1) is 0 Å². The van der Waals surface area contributed by atoms with E-state index < -0.39 is 0 Å². The van der Waals surface area contributed by atoms with Gasteiger partial charge in [-0.1, -0.05) is 41.9 Å². The summed E-state index contributed by atoms with van der Waals surface area (Å²) in [5, 5.41) is 3.49. The van der Waals surface area contributed by atoms with Crippen molar-refractivity contribution >= 4 is 34.9 Å².